The first-order valence-electron chi connectivity index (χ1n) is 7.85. The summed E-state index contributed by atoms with van der Waals surface area (Å²) in [4.78, 5) is 11.9. The molecule has 1 aromatic rings. The summed E-state index contributed by atoms with van der Waals surface area (Å²) in [5.41, 5.74) is 1.19. The highest BCUT2D eigenvalue weighted by Crippen LogP contribution is 2.13. The van der Waals surface area contributed by atoms with Gasteiger partial charge in [0.15, 0.2) is 0 Å². The molecule has 0 saturated carbocycles. The first-order valence-corrected chi connectivity index (χ1v) is 7.85. The van der Waals surface area contributed by atoms with E-state index in [1.165, 1.54) is 5.56 Å². The molecule has 2 atom stereocenters. The van der Waals surface area contributed by atoms with Crippen molar-refractivity contribution in [2.75, 3.05) is 13.2 Å². The molecule has 0 bridgehead atoms. The molecule has 4 heteroatoms. The number of amides is 1. The van der Waals surface area contributed by atoms with E-state index in [-0.39, 0.29) is 5.91 Å². The lowest BCUT2D eigenvalue weighted by Crippen LogP contribution is -2.46. The van der Waals surface area contributed by atoms with Crippen LogP contribution in [-0.4, -0.2) is 31.1 Å². The van der Waals surface area contributed by atoms with Crippen molar-refractivity contribution >= 4 is 5.91 Å². The molecule has 2 N–H and O–H groups in total. The fraction of sp³-hybridized carbons (Fsp3) is 0.588. The monoisotopic (exact) mass is 290 g/mol. The van der Waals surface area contributed by atoms with Crippen molar-refractivity contribution in [1.29, 1.82) is 0 Å². The van der Waals surface area contributed by atoms with E-state index in [0.29, 0.717) is 25.1 Å². The van der Waals surface area contributed by atoms with Crippen LogP contribution in [0.2, 0.25) is 0 Å². The van der Waals surface area contributed by atoms with E-state index >= 15 is 0 Å². The summed E-state index contributed by atoms with van der Waals surface area (Å²) in [7, 11) is 0. The van der Waals surface area contributed by atoms with E-state index in [0.717, 1.165) is 31.6 Å². The molecular formula is C17H26N2O2. The van der Waals surface area contributed by atoms with Crippen molar-refractivity contribution in [2.24, 2.45) is 0 Å². The van der Waals surface area contributed by atoms with Crippen molar-refractivity contribution in [3.8, 4) is 5.75 Å². The second-order valence-electron chi connectivity index (χ2n) is 5.91. The Hall–Kier alpha value is -1.55. The molecule has 1 aromatic carbocycles. The number of carbonyl (C=O) groups is 1. The summed E-state index contributed by atoms with van der Waals surface area (Å²) in [5, 5.41) is 6.51. The molecule has 1 amide bonds. The van der Waals surface area contributed by atoms with Crippen LogP contribution in [0.5, 0.6) is 5.75 Å². The quantitative estimate of drug-likeness (QED) is 0.791. The molecule has 0 spiro atoms. The van der Waals surface area contributed by atoms with Crippen LogP contribution < -0.4 is 15.4 Å². The maximum atomic E-state index is 11.9. The minimum Gasteiger partial charge on any atom is -0.494 e. The van der Waals surface area contributed by atoms with Gasteiger partial charge in [-0.05, 0) is 57.4 Å². The smallest absolute Gasteiger partial charge is 0.220 e. The molecule has 1 saturated heterocycles. The first-order chi connectivity index (χ1) is 10.1. The van der Waals surface area contributed by atoms with Gasteiger partial charge in [0.1, 0.15) is 5.75 Å². The Kier molecular flexibility index (Phi) is 6.05. The van der Waals surface area contributed by atoms with Gasteiger partial charge in [0, 0.05) is 18.5 Å². The topological polar surface area (TPSA) is 50.4 Å². The SMILES string of the molecule is Cc1cccc(OCCCC(=O)NC2CCNC(C)C2)c1. The predicted molar refractivity (Wildman–Crippen MR) is 84.5 cm³/mol. The first kappa shape index (κ1) is 15.8. The van der Waals surface area contributed by atoms with Gasteiger partial charge < -0.3 is 15.4 Å². The van der Waals surface area contributed by atoms with Crippen LogP contribution in [0.25, 0.3) is 0 Å². The second kappa shape index (κ2) is 8.03. The highest BCUT2D eigenvalue weighted by Gasteiger charge is 2.19. The summed E-state index contributed by atoms with van der Waals surface area (Å²) < 4.78 is 5.65. The van der Waals surface area contributed by atoms with Crippen LogP contribution in [0.3, 0.4) is 0 Å². The van der Waals surface area contributed by atoms with Gasteiger partial charge in [0.2, 0.25) is 5.91 Å². The number of ether oxygens (including phenoxy) is 1. The van der Waals surface area contributed by atoms with Gasteiger partial charge in [0.05, 0.1) is 6.61 Å². The number of hydrogen-bond acceptors (Lipinski definition) is 3. The van der Waals surface area contributed by atoms with E-state index in [2.05, 4.69) is 17.6 Å². The summed E-state index contributed by atoms with van der Waals surface area (Å²) in [5.74, 6) is 1.02. The number of carbonyl (C=O) groups excluding carboxylic acids is 1. The molecule has 0 radical (unpaired) electrons. The van der Waals surface area contributed by atoms with Crippen LogP contribution in [-0.2, 0) is 4.79 Å². The Labute approximate surface area is 127 Å². The number of aryl methyl sites for hydroxylation is 1. The van der Waals surface area contributed by atoms with Crippen LogP contribution in [0.15, 0.2) is 24.3 Å². The van der Waals surface area contributed by atoms with E-state index in [1.54, 1.807) is 0 Å². The average molecular weight is 290 g/mol. The van der Waals surface area contributed by atoms with Crippen LogP contribution >= 0.6 is 0 Å². The normalized spacial score (nSPS) is 21.8. The van der Waals surface area contributed by atoms with Crippen molar-refractivity contribution in [3.05, 3.63) is 29.8 Å². The molecule has 1 aliphatic heterocycles. The fourth-order valence-corrected chi connectivity index (χ4v) is 2.69. The third-order valence-electron chi connectivity index (χ3n) is 3.80. The van der Waals surface area contributed by atoms with Crippen LogP contribution in [0, 0.1) is 6.92 Å². The molecule has 0 aromatic heterocycles. The number of hydrogen-bond donors (Lipinski definition) is 2. The molecule has 1 fully saturated rings. The minimum absolute atomic E-state index is 0.141. The molecule has 2 unspecified atom stereocenters. The van der Waals surface area contributed by atoms with Crippen molar-refractivity contribution < 1.29 is 9.53 Å². The zero-order valence-corrected chi connectivity index (χ0v) is 13.0. The minimum atomic E-state index is 0.141. The predicted octanol–water partition coefficient (Wildman–Crippen LogP) is 2.41. The highest BCUT2D eigenvalue weighted by molar-refractivity contribution is 5.76. The van der Waals surface area contributed by atoms with Gasteiger partial charge in [-0.3, -0.25) is 4.79 Å². The number of nitrogens with one attached hydrogen (secondary N) is 2. The molecule has 116 valence electrons. The molecule has 1 aliphatic rings. The fourth-order valence-electron chi connectivity index (χ4n) is 2.69. The molecule has 2 rings (SSSR count). The zero-order chi connectivity index (χ0) is 15.1. The number of piperidine rings is 1. The lowest BCUT2D eigenvalue weighted by molar-refractivity contribution is -0.122. The molecular weight excluding hydrogens is 264 g/mol. The van der Waals surface area contributed by atoms with Gasteiger partial charge in [-0.1, -0.05) is 12.1 Å². The maximum Gasteiger partial charge on any atom is 0.220 e. The van der Waals surface area contributed by atoms with Crippen molar-refractivity contribution in [2.45, 2.75) is 51.6 Å². The average Bonchev–Trinajstić information content (AvgIpc) is 2.44. The molecule has 0 aliphatic carbocycles. The standard InChI is InChI=1S/C17H26N2O2/c1-13-5-3-6-16(11-13)21-10-4-7-17(20)19-15-8-9-18-14(2)12-15/h3,5-6,11,14-15,18H,4,7-10,12H2,1-2H3,(H,19,20). The van der Waals surface area contributed by atoms with E-state index in [4.69, 9.17) is 4.74 Å². The van der Waals surface area contributed by atoms with Gasteiger partial charge in [-0.2, -0.15) is 0 Å². The van der Waals surface area contributed by atoms with Crippen molar-refractivity contribution in [1.82, 2.24) is 10.6 Å². The van der Waals surface area contributed by atoms with Crippen LogP contribution in [0.4, 0.5) is 0 Å². The third-order valence-corrected chi connectivity index (χ3v) is 3.80. The second-order valence-corrected chi connectivity index (χ2v) is 5.91. The Balaban J connectivity index is 1.61. The van der Waals surface area contributed by atoms with Gasteiger partial charge in [0.25, 0.3) is 0 Å². The van der Waals surface area contributed by atoms with Gasteiger partial charge in [-0.15, -0.1) is 0 Å². The molecule has 1 heterocycles. The number of rotatable bonds is 6. The summed E-state index contributed by atoms with van der Waals surface area (Å²) in [6.07, 6.45) is 3.33. The summed E-state index contributed by atoms with van der Waals surface area (Å²) in [6, 6.07) is 8.80. The largest absolute Gasteiger partial charge is 0.494 e. The Morgan fingerprint density at radius 2 is 2.33 bits per heavy atom. The highest BCUT2D eigenvalue weighted by atomic mass is 16.5. The Morgan fingerprint density at radius 3 is 3.10 bits per heavy atom. The van der Waals surface area contributed by atoms with E-state index in [1.807, 2.05) is 31.2 Å². The van der Waals surface area contributed by atoms with E-state index < -0.39 is 0 Å². The number of benzene rings is 1. The van der Waals surface area contributed by atoms with Gasteiger partial charge >= 0.3 is 0 Å². The Bertz CT molecular complexity index is 462. The molecule has 21 heavy (non-hydrogen) atoms. The van der Waals surface area contributed by atoms with Crippen molar-refractivity contribution in [3.63, 3.8) is 0 Å². The molecule has 4 nitrogen and oxygen atoms in total. The maximum absolute atomic E-state index is 11.9. The zero-order valence-electron chi connectivity index (χ0n) is 13.0. The lowest BCUT2D eigenvalue weighted by Gasteiger charge is -2.28. The lowest BCUT2D eigenvalue weighted by atomic mass is 10.0. The summed E-state index contributed by atoms with van der Waals surface area (Å²) in [6.45, 7) is 5.77. The van der Waals surface area contributed by atoms with Crippen LogP contribution in [0.1, 0.15) is 38.2 Å². The van der Waals surface area contributed by atoms with Gasteiger partial charge in [-0.25, -0.2) is 0 Å². The summed E-state index contributed by atoms with van der Waals surface area (Å²) >= 11 is 0. The third kappa shape index (κ3) is 5.76. The Morgan fingerprint density at radius 1 is 1.48 bits per heavy atom. The van der Waals surface area contributed by atoms with E-state index in [9.17, 15) is 4.79 Å².